The van der Waals surface area contributed by atoms with Crippen LogP contribution >= 0.6 is 0 Å². The third-order valence-electron chi connectivity index (χ3n) is 4.77. The van der Waals surface area contributed by atoms with E-state index in [9.17, 15) is 19.8 Å². The van der Waals surface area contributed by atoms with Crippen molar-refractivity contribution in [2.45, 2.75) is 57.5 Å². The molecular weight excluding hydrogens is 290 g/mol. The number of fused-ring (bicyclic) bond motifs is 1. The Kier molecular flexibility index (Phi) is 5.09. The van der Waals surface area contributed by atoms with E-state index in [1.54, 1.807) is 0 Å². The van der Waals surface area contributed by atoms with E-state index in [0.29, 0.717) is 0 Å². The van der Waals surface area contributed by atoms with Gasteiger partial charge in [0.1, 0.15) is 6.10 Å². The van der Waals surface area contributed by atoms with Gasteiger partial charge in [-0.2, -0.15) is 0 Å². The molecule has 0 aliphatic carbocycles. The molecule has 0 spiro atoms. The smallest absolute Gasteiger partial charge is 0.341 e. The number of carbonyl (C=O) groups excluding carboxylic acids is 2. The average molecular weight is 315 g/mol. The predicted octanol–water partition coefficient (Wildman–Crippen LogP) is -0.313. The van der Waals surface area contributed by atoms with Crippen LogP contribution < -0.4 is 0 Å². The molecule has 0 aromatic carbocycles. The fraction of sp³-hybridized carbons (Fsp3) is 0.867. The lowest BCUT2D eigenvalue weighted by molar-refractivity contribution is -0.183. The molecule has 126 valence electrons. The Morgan fingerprint density at radius 2 is 2.00 bits per heavy atom. The second-order valence-electron chi connectivity index (χ2n) is 6.43. The van der Waals surface area contributed by atoms with Crippen LogP contribution in [-0.2, 0) is 19.1 Å². The summed E-state index contributed by atoms with van der Waals surface area (Å²) in [5, 5.41) is 20.2. The highest BCUT2D eigenvalue weighted by Gasteiger charge is 2.45. The van der Waals surface area contributed by atoms with E-state index >= 15 is 0 Å². The lowest BCUT2D eigenvalue weighted by Gasteiger charge is -2.29. The van der Waals surface area contributed by atoms with E-state index < -0.39 is 23.6 Å². The van der Waals surface area contributed by atoms with Gasteiger partial charge in [-0.1, -0.05) is 0 Å². The van der Waals surface area contributed by atoms with Crippen LogP contribution in [-0.4, -0.2) is 70.6 Å². The number of ether oxygens (including phenoxy) is 2. The SMILES string of the molecule is CC(=O)O[C@H](C)[C@](C)(O)C(=O)OC[C@H]1CCN2CC[C@@H](O)C12. The maximum absolute atomic E-state index is 12.1. The lowest BCUT2D eigenvalue weighted by atomic mass is 9.97. The third kappa shape index (κ3) is 3.42. The molecule has 0 aromatic heterocycles. The molecule has 22 heavy (non-hydrogen) atoms. The average Bonchev–Trinajstić information content (AvgIpc) is 2.99. The number of hydrogen-bond acceptors (Lipinski definition) is 7. The highest BCUT2D eigenvalue weighted by atomic mass is 16.6. The van der Waals surface area contributed by atoms with Crippen molar-refractivity contribution in [1.29, 1.82) is 0 Å². The van der Waals surface area contributed by atoms with Gasteiger partial charge in [0.15, 0.2) is 5.60 Å². The van der Waals surface area contributed by atoms with E-state index in [1.165, 1.54) is 20.8 Å². The van der Waals surface area contributed by atoms with Gasteiger partial charge in [-0.25, -0.2) is 4.79 Å². The Labute approximate surface area is 130 Å². The Morgan fingerprint density at radius 1 is 1.36 bits per heavy atom. The van der Waals surface area contributed by atoms with Crippen molar-refractivity contribution in [3.63, 3.8) is 0 Å². The summed E-state index contributed by atoms with van der Waals surface area (Å²) in [6.07, 6.45) is 0.230. The molecule has 0 bridgehead atoms. The highest BCUT2D eigenvalue weighted by molar-refractivity contribution is 5.80. The molecule has 0 amide bonds. The minimum Gasteiger partial charge on any atom is -0.463 e. The van der Waals surface area contributed by atoms with Crippen LogP contribution in [0.1, 0.15) is 33.6 Å². The molecule has 2 N–H and O–H groups in total. The number of aliphatic hydroxyl groups is 2. The summed E-state index contributed by atoms with van der Waals surface area (Å²) in [5.41, 5.74) is -1.89. The van der Waals surface area contributed by atoms with Crippen LogP contribution in [0.25, 0.3) is 0 Å². The molecule has 2 aliphatic heterocycles. The molecule has 0 saturated carbocycles. The molecule has 2 aliphatic rings. The van der Waals surface area contributed by atoms with E-state index in [-0.39, 0.29) is 24.7 Å². The van der Waals surface area contributed by atoms with Crippen LogP contribution in [0.3, 0.4) is 0 Å². The Bertz CT molecular complexity index is 438. The van der Waals surface area contributed by atoms with Gasteiger partial charge >= 0.3 is 11.9 Å². The third-order valence-corrected chi connectivity index (χ3v) is 4.77. The van der Waals surface area contributed by atoms with Crippen molar-refractivity contribution < 1.29 is 29.3 Å². The van der Waals surface area contributed by atoms with Gasteiger partial charge in [-0.3, -0.25) is 9.69 Å². The van der Waals surface area contributed by atoms with Crippen LogP contribution in [0.4, 0.5) is 0 Å². The standard InChI is InChI=1S/C15H25NO6/c1-9(22-10(2)17)15(3,20)14(19)21-8-11-4-6-16-7-5-12(18)13(11)16/h9,11-13,18,20H,4-8H2,1-3H3/t9-,11-,12-,13?,15+/m1/s1. The van der Waals surface area contributed by atoms with Gasteiger partial charge in [0.2, 0.25) is 0 Å². The molecule has 2 rings (SSSR count). The summed E-state index contributed by atoms with van der Waals surface area (Å²) in [5.74, 6) is -1.31. The molecule has 0 aromatic rings. The number of aliphatic hydroxyl groups excluding tert-OH is 1. The van der Waals surface area contributed by atoms with Gasteiger partial charge in [0.05, 0.1) is 12.7 Å². The molecule has 2 saturated heterocycles. The van der Waals surface area contributed by atoms with Crippen LogP contribution in [0.2, 0.25) is 0 Å². The van der Waals surface area contributed by atoms with Crippen LogP contribution in [0, 0.1) is 5.92 Å². The van der Waals surface area contributed by atoms with Crippen molar-refractivity contribution in [3.05, 3.63) is 0 Å². The van der Waals surface area contributed by atoms with Gasteiger partial charge < -0.3 is 19.7 Å². The first-order valence-corrected chi connectivity index (χ1v) is 7.72. The second-order valence-corrected chi connectivity index (χ2v) is 6.43. The topological polar surface area (TPSA) is 96.3 Å². The number of rotatable bonds is 5. The van der Waals surface area contributed by atoms with Crippen LogP contribution in [0.15, 0.2) is 0 Å². The van der Waals surface area contributed by atoms with Crippen molar-refractivity contribution in [2.75, 3.05) is 19.7 Å². The maximum Gasteiger partial charge on any atom is 0.341 e. The maximum atomic E-state index is 12.1. The van der Waals surface area contributed by atoms with Crippen molar-refractivity contribution >= 4 is 11.9 Å². The minimum absolute atomic E-state index is 0.0312. The van der Waals surface area contributed by atoms with E-state index in [2.05, 4.69) is 4.90 Å². The van der Waals surface area contributed by atoms with Crippen LogP contribution in [0.5, 0.6) is 0 Å². The molecule has 5 atom stereocenters. The van der Waals surface area contributed by atoms with Gasteiger partial charge in [0.25, 0.3) is 0 Å². The van der Waals surface area contributed by atoms with E-state index in [0.717, 1.165) is 25.9 Å². The second kappa shape index (κ2) is 6.52. The van der Waals surface area contributed by atoms with E-state index in [4.69, 9.17) is 9.47 Å². The zero-order chi connectivity index (χ0) is 16.5. The summed E-state index contributed by atoms with van der Waals surface area (Å²) < 4.78 is 10.1. The molecule has 2 heterocycles. The molecule has 7 heteroatoms. The summed E-state index contributed by atoms with van der Waals surface area (Å²) >= 11 is 0. The summed E-state index contributed by atoms with van der Waals surface area (Å²) in [4.78, 5) is 25.2. The molecule has 1 unspecified atom stereocenters. The molecular formula is C15H25NO6. The molecule has 2 fully saturated rings. The Balaban J connectivity index is 1.88. The zero-order valence-corrected chi connectivity index (χ0v) is 13.3. The number of carbonyl (C=O) groups is 2. The first kappa shape index (κ1) is 17.2. The van der Waals surface area contributed by atoms with Gasteiger partial charge in [-0.05, 0) is 33.2 Å². The van der Waals surface area contributed by atoms with Crippen molar-refractivity contribution in [2.24, 2.45) is 5.92 Å². The zero-order valence-electron chi connectivity index (χ0n) is 13.3. The van der Waals surface area contributed by atoms with Crippen molar-refractivity contribution in [3.8, 4) is 0 Å². The minimum atomic E-state index is -1.89. The van der Waals surface area contributed by atoms with E-state index in [1.807, 2.05) is 0 Å². The Morgan fingerprint density at radius 3 is 2.64 bits per heavy atom. The van der Waals surface area contributed by atoms with Crippen molar-refractivity contribution in [1.82, 2.24) is 4.90 Å². The summed E-state index contributed by atoms with van der Waals surface area (Å²) in [7, 11) is 0. The Hall–Kier alpha value is -1.18. The first-order chi connectivity index (χ1) is 10.2. The molecule has 7 nitrogen and oxygen atoms in total. The number of hydrogen-bond donors (Lipinski definition) is 2. The number of esters is 2. The fourth-order valence-electron chi connectivity index (χ4n) is 3.28. The monoisotopic (exact) mass is 315 g/mol. The quantitative estimate of drug-likeness (QED) is 0.672. The normalized spacial score (nSPS) is 32.1. The lowest BCUT2D eigenvalue weighted by Crippen LogP contribution is -2.49. The summed E-state index contributed by atoms with van der Waals surface area (Å²) in [6, 6.07) is 0.0312. The largest absolute Gasteiger partial charge is 0.463 e. The highest BCUT2D eigenvalue weighted by Crippen LogP contribution is 2.33. The first-order valence-electron chi connectivity index (χ1n) is 7.72. The van der Waals surface area contributed by atoms with Gasteiger partial charge in [0, 0.05) is 25.4 Å². The molecule has 0 radical (unpaired) electrons. The number of nitrogens with zero attached hydrogens (tertiary/aromatic N) is 1. The summed E-state index contributed by atoms with van der Waals surface area (Å²) in [6.45, 7) is 5.85. The predicted molar refractivity (Wildman–Crippen MR) is 76.9 cm³/mol. The van der Waals surface area contributed by atoms with Gasteiger partial charge in [-0.15, -0.1) is 0 Å². The fourth-order valence-corrected chi connectivity index (χ4v) is 3.28.